The third-order valence-electron chi connectivity index (χ3n) is 6.14. The van der Waals surface area contributed by atoms with Crippen molar-refractivity contribution in [3.8, 4) is 0 Å². The summed E-state index contributed by atoms with van der Waals surface area (Å²) in [6.45, 7) is 3.95. The first-order valence-electron chi connectivity index (χ1n) is 9.87. The van der Waals surface area contributed by atoms with Crippen LogP contribution in [0, 0.1) is 5.92 Å². The predicted octanol–water partition coefficient (Wildman–Crippen LogP) is 4.16. The molecular formula is C21H24N4OS. The fourth-order valence-corrected chi connectivity index (χ4v) is 5.75. The van der Waals surface area contributed by atoms with Gasteiger partial charge in [-0.05, 0) is 49.7 Å². The Hall–Kier alpha value is -2.21. The number of nitrogens with zero attached hydrogens (tertiary/aromatic N) is 3. The molecule has 5 rings (SSSR count). The Balaban J connectivity index is 1.28. The van der Waals surface area contributed by atoms with Crippen LogP contribution in [0.3, 0.4) is 0 Å². The number of H-pyrrole nitrogens is 1. The van der Waals surface area contributed by atoms with Gasteiger partial charge in [-0.3, -0.25) is 9.78 Å². The van der Waals surface area contributed by atoms with Crippen molar-refractivity contribution in [3.05, 3.63) is 45.5 Å². The monoisotopic (exact) mass is 380 g/mol. The number of likely N-dealkylation sites (tertiary alicyclic amines) is 1. The second kappa shape index (κ2) is 6.75. The van der Waals surface area contributed by atoms with E-state index in [1.165, 1.54) is 22.6 Å². The SMILES string of the molecule is CC1CCc2c(C(=O)N3CCC(c4cc5nccnc5[nH]4)CC3)csc2C1. The summed E-state index contributed by atoms with van der Waals surface area (Å²) in [7, 11) is 0. The van der Waals surface area contributed by atoms with Crippen LogP contribution in [0.2, 0.25) is 0 Å². The first-order valence-corrected chi connectivity index (χ1v) is 10.7. The Morgan fingerprint density at radius 1 is 1.22 bits per heavy atom. The number of fused-ring (bicyclic) bond motifs is 2. The quantitative estimate of drug-likeness (QED) is 0.726. The molecule has 5 nitrogen and oxygen atoms in total. The van der Waals surface area contributed by atoms with Crippen molar-refractivity contribution >= 4 is 28.4 Å². The van der Waals surface area contributed by atoms with E-state index in [4.69, 9.17) is 0 Å². The van der Waals surface area contributed by atoms with Crippen LogP contribution in [0.25, 0.3) is 11.2 Å². The maximum Gasteiger partial charge on any atom is 0.254 e. The van der Waals surface area contributed by atoms with Crippen LogP contribution in [-0.2, 0) is 12.8 Å². The molecule has 1 fully saturated rings. The maximum atomic E-state index is 13.1. The molecule has 6 heteroatoms. The van der Waals surface area contributed by atoms with Gasteiger partial charge < -0.3 is 9.88 Å². The van der Waals surface area contributed by atoms with Crippen molar-refractivity contribution in [2.45, 2.75) is 44.9 Å². The number of rotatable bonds is 2. The van der Waals surface area contributed by atoms with E-state index in [-0.39, 0.29) is 5.91 Å². The average Bonchev–Trinajstić information content (AvgIpc) is 3.31. The minimum absolute atomic E-state index is 0.237. The molecule has 1 amide bonds. The van der Waals surface area contributed by atoms with E-state index in [2.05, 4.69) is 38.2 Å². The van der Waals surface area contributed by atoms with E-state index in [1.54, 1.807) is 23.7 Å². The standard InChI is InChI=1S/C21H24N4OS/c1-13-2-3-15-16(12-27-19(15)10-13)21(26)25-8-4-14(5-9-25)17-11-18-20(24-17)23-7-6-22-18/h6-7,11-14H,2-5,8-10H2,1H3,(H,23,24). The minimum Gasteiger partial charge on any atom is -0.342 e. The number of carbonyl (C=O) groups is 1. The van der Waals surface area contributed by atoms with Gasteiger partial charge in [0, 0.05) is 47.4 Å². The number of amides is 1. The molecule has 1 N–H and O–H groups in total. The molecule has 1 aliphatic carbocycles. The predicted molar refractivity (Wildman–Crippen MR) is 107 cm³/mol. The highest BCUT2D eigenvalue weighted by atomic mass is 32.1. The first kappa shape index (κ1) is 16.9. The Morgan fingerprint density at radius 2 is 2.04 bits per heavy atom. The van der Waals surface area contributed by atoms with Gasteiger partial charge in [-0.25, -0.2) is 4.98 Å². The van der Waals surface area contributed by atoms with E-state index >= 15 is 0 Å². The van der Waals surface area contributed by atoms with Gasteiger partial charge in [0.15, 0.2) is 5.65 Å². The van der Waals surface area contributed by atoms with Gasteiger partial charge in [0.25, 0.3) is 5.91 Å². The number of piperidine rings is 1. The van der Waals surface area contributed by atoms with Crippen LogP contribution in [0.4, 0.5) is 0 Å². The molecule has 1 saturated heterocycles. The molecule has 0 saturated carbocycles. The molecule has 3 aromatic heterocycles. The van der Waals surface area contributed by atoms with Crippen molar-refractivity contribution in [2.24, 2.45) is 5.92 Å². The summed E-state index contributed by atoms with van der Waals surface area (Å²) in [4.78, 5) is 28.7. The summed E-state index contributed by atoms with van der Waals surface area (Å²) in [6.07, 6.45) is 8.82. The lowest BCUT2D eigenvalue weighted by Gasteiger charge is -2.32. The van der Waals surface area contributed by atoms with E-state index < -0.39 is 0 Å². The van der Waals surface area contributed by atoms with E-state index in [9.17, 15) is 4.79 Å². The zero-order valence-corrected chi connectivity index (χ0v) is 16.4. The first-order chi connectivity index (χ1) is 13.2. The van der Waals surface area contributed by atoms with Gasteiger partial charge >= 0.3 is 0 Å². The lowest BCUT2D eigenvalue weighted by atomic mass is 9.88. The summed E-state index contributed by atoms with van der Waals surface area (Å²) in [6, 6.07) is 2.11. The fraction of sp³-hybridized carbons (Fsp3) is 0.476. The van der Waals surface area contributed by atoms with Crippen LogP contribution < -0.4 is 0 Å². The van der Waals surface area contributed by atoms with Crippen LogP contribution in [-0.4, -0.2) is 38.8 Å². The van der Waals surface area contributed by atoms with E-state index in [1.807, 2.05) is 0 Å². The number of nitrogens with one attached hydrogen (secondary N) is 1. The molecule has 0 spiro atoms. The summed E-state index contributed by atoms with van der Waals surface area (Å²) < 4.78 is 0. The molecule has 140 valence electrons. The molecule has 3 aromatic rings. The normalized spacial score (nSPS) is 20.8. The Bertz CT molecular complexity index is 950. The number of thiophene rings is 1. The molecular weight excluding hydrogens is 356 g/mol. The maximum absolute atomic E-state index is 13.1. The van der Waals surface area contributed by atoms with Crippen LogP contribution in [0.1, 0.15) is 58.6 Å². The van der Waals surface area contributed by atoms with Gasteiger partial charge in [-0.15, -0.1) is 11.3 Å². The van der Waals surface area contributed by atoms with E-state index in [0.29, 0.717) is 5.92 Å². The zero-order chi connectivity index (χ0) is 18.4. The highest BCUT2D eigenvalue weighted by molar-refractivity contribution is 7.10. The van der Waals surface area contributed by atoms with Gasteiger partial charge in [-0.1, -0.05) is 6.92 Å². The highest BCUT2D eigenvalue weighted by Crippen LogP contribution is 2.35. The van der Waals surface area contributed by atoms with Crippen LogP contribution in [0.15, 0.2) is 23.8 Å². The molecule has 0 aromatic carbocycles. The minimum atomic E-state index is 0.237. The number of carbonyl (C=O) groups excluding carboxylic acids is 1. The number of aromatic amines is 1. The molecule has 4 heterocycles. The molecule has 1 unspecified atom stereocenters. The lowest BCUT2D eigenvalue weighted by molar-refractivity contribution is 0.0711. The van der Waals surface area contributed by atoms with Crippen LogP contribution >= 0.6 is 11.3 Å². The van der Waals surface area contributed by atoms with Gasteiger partial charge in [0.05, 0.1) is 5.56 Å². The summed E-state index contributed by atoms with van der Waals surface area (Å²) in [5.74, 6) is 1.43. The highest BCUT2D eigenvalue weighted by Gasteiger charge is 2.29. The molecule has 27 heavy (non-hydrogen) atoms. The topological polar surface area (TPSA) is 61.9 Å². The molecule has 2 aliphatic rings. The molecule has 1 aliphatic heterocycles. The Morgan fingerprint density at radius 3 is 2.85 bits per heavy atom. The summed E-state index contributed by atoms with van der Waals surface area (Å²) in [5, 5.41) is 2.10. The average molecular weight is 381 g/mol. The molecule has 0 radical (unpaired) electrons. The molecule has 1 atom stereocenters. The van der Waals surface area contributed by atoms with Crippen molar-refractivity contribution in [3.63, 3.8) is 0 Å². The zero-order valence-electron chi connectivity index (χ0n) is 15.6. The van der Waals surface area contributed by atoms with E-state index in [0.717, 1.165) is 61.4 Å². The van der Waals surface area contributed by atoms with Gasteiger partial charge in [0.1, 0.15) is 5.52 Å². The van der Waals surface area contributed by atoms with Crippen molar-refractivity contribution in [2.75, 3.05) is 13.1 Å². The smallest absolute Gasteiger partial charge is 0.254 e. The van der Waals surface area contributed by atoms with Gasteiger partial charge in [0.2, 0.25) is 0 Å². The third kappa shape index (κ3) is 3.06. The van der Waals surface area contributed by atoms with Crippen molar-refractivity contribution in [1.29, 1.82) is 0 Å². The van der Waals surface area contributed by atoms with Gasteiger partial charge in [-0.2, -0.15) is 0 Å². The summed E-state index contributed by atoms with van der Waals surface area (Å²) in [5.41, 5.74) is 5.28. The number of aromatic nitrogens is 3. The Kier molecular flexibility index (Phi) is 4.23. The second-order valence-electron chi connectivity index (χ2n) is 7.98. The number of hydrogen-bond acceptors (Lipinski definition) is 4. The Labute approximate surface area is 162 Å². The van der Waals surface area contributed by atoms with Crippen molar-refractivity contribution in [1.82, 2.24) is 19.9 Å². The fourth-order valence-electron chi connectivity index (χ4n) is 4.51. The lowest BCUT2D eigenvalue weighted by Crippen LogP contribution is -2.38. The number of hydrogen-bond donors (Lipinski definition) is 1. The molecule has 0 bridgehead atoms. The summed E-state index contributed by atoms with van der Waals surface area (Å²) >= 11 is 1.78. The largest absolute Gasteiger partial charge is 0.342 e. The van der Waals surface area contributed by atoms with Crippen molar-refractivity contribution < 1.29 is 4.79 Å². The van der Waals surface area contributed by atoms with Crippen LogP contribution in [0.5, 0.6) is 0 Å². The second-order valence-corrected chi connectivity index (χ2v) is 8.94. The third-order valence-corrected chi connectivity index (χ3v) is 7.19.